The predicted molar refractivity (Wildman–Crippen MR) is 219 cm³/mol. The molecule has 0 aliphatic carbocycles. The number of hydrogen-bond donors (Lipinski definition) is 0. The standard InChI is InChI=1S/C48H28N2OS/c1-4-15-40-34(10-1)38-26-30(33-13-9-14-37-36-12-3-8-19-46(36)52-48(33)37)22-25-42(38)49(40)32-23-20-29(21-24-32)31-27-39-35-11-2-5-16-41(35)50-43-17-6-7-18-44(43)51-45(28-31)47(39)50/h1-28H. The van der Waals surface area contributed by atoms with Gasteiger partial charge in [-0.05, 0) is 89.0 Å². The van der Waals surface area contributed by atoms with E-state index < -0.39 is 0 Å². The first-order valence-electron chi connectivity index (χ1n) is 17.7. The Morgan fingerprint density at radius 1 is 0.404 bits per heavy atom. The number of thiophene rings is 1. The van der Waals surface area contributed by atoms with E-state index in [0.29, 0.717) is 0 Å². The monoisotopic (exact) mass is 680 g/mol. The van der Waals surface area contributed by atoms with Crippen LogP contribution < -0.4 is 4.74 Å². The smallest absolute Gasteiger partial charge is 0.152 e. The molecule has 0 radical (unpaired) electrons. The van der Waals surface area contributed by atoms with Gasteiger partial charge in [-0.2, -0.15) is 0 Å². The zero-order valence-corrected chi connectivity index (χ0v) is 28.7. The van der Waals surface area contributed by atoms with Crippen molar-refractivity contribution in [3.8, 4) is 45.1 Å². The molecule has 4 heteroatoms. The molecule has 52 heavy (non-hydrogen) atoms. The van der Waals surface area contributed by atoms with Gasteiger partial charge in [0.15, 0.2) is 11.5 Å². The first-order valence-corrected chi connectivity index (χ1v) is 18.5. The van der Waals surface area contributed by atoms with Crippen molar-refractivity contribution in [2.45, 2.75) is 0 Å². The van der Waals surface area contributed by atoms with Gasteiger partial charge < -0.3 is 13.9 Å². The van der Waals surface area contributed by atoms with Crippen molar-refractivity contribution in [1.82, 2.24) is 9.13 Å². The Morgan fingerprint density at radius 2 is 1.06 bits per heavy atom. The lowest BCUT2D eigenvalue weighted by atomic mass is 10.0. The van der Waals surface area contributed by atoms with Crippen molar-refractivity contribution in [2.24, 2.45) is 0 Å². The van der Waals surface area contributed by atoms with Gasteiger partial charge in [0.2, 0.25) is 0 Å². The molecular weight excluding hydrogens is 653 g/mol. The van der Waals surface area contributed by atoms with Crippen molar-refractivity contribution in [1.29, 1.82) is 0 Å². The molecule has 0 fully saturated rings. The van der Waals surface area contributed by atoms with Crippen LogP contribution in [0.2, 0.25) is 0 Å². The number of nitrogens with zero attached hydrogens (tertiary/aromatic N) is 2. The van der Waals surface area contributed by atoms with Crippen LogP contribution in [0.25, 0.3) is 97.4 Å². The summed E-state index contributed by atoms with van der Waals surface area (Å²) in [4.78, 5) is 0. The molecule has 242 valence electrons. The van der Waals surface area contributed by atoms with Gasteiger partial charge in [-0.25, -0.2) is 0 Å². The van der Waals surface area contributed by atoms with Gasteiger partial charge in [0.05, 0.1) is 27.8 Å². The Labute approximate surface area is 302 Å². The second-order valence-corrected chi connectivity index (χ2v) is 14.8. The van der Waals surface area contributed by atoms with Crippen LogP contribution in [0.4, 0.5) is 0 Å². The first kappa shape index (κ1) is 28.1. The summed E-state index contributed by atoms with van der Waals surface area (Å²) in [6, 6.07) is 61.7. The molecule has 4 heterocycles. The van der Waals surface area contributed by atoms with E-state index in [1.807, 2.05) is 17.4 Å². The Balaban J connectivity index is 0.996. The average Bonchev–Trinajstić information content (AvgIpc) is 3.86. The molecule has 0 saturated heterocycles. The van der Waals surface area contributed by atoms with Gasteiger partial charge in [-0.3, -0.25) is 0 Å². The van der Waals surface area contributed by atoms with Gasteiger partial charge in [0.25, 0.3) is 0 Å². The summed E-state index contributed by atoms with van der Waals surface area (Å²) < 4.78 is 14.0. The molecule has 3 nitrogen and oxygen atoms in total. The number of rotatable bonds is 3. The average molecular weight is 681 g/mol. The fourth-order valence-electron chi connectivity index (χ4n) is 8.60. The Hall–Kier alpha value is -6.62. The molecule has 3 aromatic heterocycles. The Bertz CT molecular complexity index is 3270. The molecule has 0 spiro atoms. The van der Waals surface area contributed by atoms with E-state index >= 15 is 0 Å². The lowest BCUT2D eigenvalue weighted by molar-refractivity contribution is 0.476. The minimum absolute atomic E-state index is 0.875. The molecule has 1 aliphatic rings. The Kier molecular flexibility index (Phi) is 5.65. The zero-order chi connectivity index (χ0) is 33.9. The van der Waals surface area contributed by atoms with Crippen LogP contribution in [0.3, 0.4) is 0 Å². The lowest BCUT2D eigenvalue weighted by Crippen LogP contribution is -2.03. The van der Waals surface area contributed by atoms with Crippen LogP contribution in [0.5, 0.6) is 11.5 Å². The van der Waals surface area contributed by atoms with Crippen LogP contribution in [0.1, 0.15) is 0 Å². The highest BCUT2D eigenvalue weighted by atomic mass is 32.1. The topological polar surface area (TPSA) is 19.1 Å². The molecule has 12 rings (SSSR count). The largest absolute Gasteiger partial charge is 0.453 e. The molecule has 0 bridgehead atoms. The number of fused-ring (bicyclic) bond motifs is 11. The summed E-state index contributed by atoms with van der Waals surface area (Å²) in [5, 5.41) is 7.59. The highest BCUT2D eigenvalue weighted by Gasteiger charge is 2.24. The van der Waals surface area contributed by atoms with Crippen molar-refractivity contribution in [2.75, 3.05) is 0 Å². The summed E-state index contributed by atoms with van der Waals surface area (Å²) in [7, 11) is 0. The van der Waals surface area contributed by atoms with E-state index in [9.17, 15) is 0 Å². The lowest BCUT2D eigenvalue weighted by Gasteiger charge is -2.21. The highest BCUT2D eigenvalue weighted by Crippen LogP contribution is 2.47. The number of ether oxygens (including phenoxy) is 1. The van der Waals surface area contributed by atoms with Crippen molar-refractivity contribution < 1.29 is 4.74 Å². The summed E-state index contributed by atoms with van der Waals surface area (Å²) in [6.07, 6.45) is 0. The van der Waals surface area contributed by atoms with Crippen LogP contribution in [0.15, 0.2) is 170 Å². The SMILES string of the molecule is c1ccc2c(c1)Oc1cc(-c3ccc(-n4c5ccccc5c5cc(-c6cccc7c6sc6ccccc67)ccc54)cc3)cc3c4ccccc4n-2c13. The normalized spacial score (nSPS) is 12.4. The maximum atomic E-state index is 6.58. The second kappa shape index (κ2) is 10.5. The van der Waals surface area contributed by atoms with Gasteiger partial charge in [0, 0.05) is 47.4 Å². The van der Waals surface area contributed by atoms with Crippen molar-refractivity contribution in [3.05, 3.63) is 170 Å². The van der Waals surface area contributed by atoms with E-state index in [4.69, 9.17) is 4.74 Å². The number of aromatic nitrogens is 2. The van der Waals surface area contributed by atoms with Gasteiger partial charge in [-0.1, -0.05) is 103 Å². The number of benzene rings is 8. The molecule has 0 atom stereocenters. The van der Waals surface area contributed by atoms with Crippen LogP contribution in [-0.4, -0.2) is 9.13 Å². The van der Waals surface area contributed by atoms with E-state index in [1.165, 1.54) is 69.4 Å². The number of para-hydroxylation sites is 4. The summed E-state index contributed by atoms with van der Waals surface area (Å²) in [5.41, 5.74) is 11.7. The Morgan fingerprint density at radius 3 is 1.92 bits per heavy atom. The fraction of sp³-hybridized carbons (Fsp3) is 0. The fourth-order valence-corrected chi connectivity index (χ4v) is 9.84. The molecule has 0 amide bonds. The predicted octanol–water partition coefficient (Wildman–Crippen LogP) is 13.7. The summed E-state index contributed by atoms with van der Waals surface area (Å²) in [6.45, 7) is 0. The van der Waals surface area contributed by atoms with Gasteiger partial charge in [0.1, 0.15) is 0 Å². The maximum Gasteiger partial charge on any atom is 0.152 e. The summed E-state index contributed by atoms with van der Waals surface area (Å²) >= 11 is 1.88. The molecule has 11 aromatic rings. The molecular formula is C48H28N2OS. The molecule has 0 saturated carbocycles. The van der Waals surface area contributed by atoms with Crippen molar-refractivity contribution in [3.63, 3.8) is 0 Å². The van der Waals surface area contributed by atoms with Crippen LogP contribution in [-0.2, 0) is 0 Å². The minimum Gasteiger partial charge on any atom is -0.453 e. The number of hydrogen-bond acceptors (Lipinski definition) is 2. The third kappa shape index (κ3) is 3.84. The zero-order valence-electron chi connectivity index (χ0n) is 27.9. The maximum absolute atomic E-state index is 6.58. The molecule has 8 aromatic carbocycles. The minimum atomic E-state index is 0.875. The van der Waals surface area contributed by atoms with E-state index in [1.54, 1.807) is 0 Å². The molecule has 1 aliphatic heterocycles. The molecule has 0 unspecified atom stereocenters. The second-order valence-electron chi connectivity index (χ2n) is 13.7. The highest BCUT2D eigenvalue weighted by molar-refractivity contribution is 7.26. The van der Waals surface area contributed by atoms with Crippen molar-refractivity contribution >= 4 is 75.1 Å². The first-order chi connectivity index (χ1) is 25.8. The van der Waals surface area contributed by atoms with E-state index in [-0.39, 0.29) is 0 Å². The molecule has 0 N–H and O–H groups in total. The third-order valence-corrected chi connectivity index (χ3v) is 12.1. The van der Waals surface area contributed by atoms with Gasteiger partial charge >= 0.3 is 0 Å². The third-order valence-electron chi connectivity index (χ3n) is 10.9. The van der Waals surface area contributed by atoms with E-state index in [0.717, 1.165) is 39.5 Å². The van der Waals surface area contributed by atoms with E-state index in [2.05, 4.69) is 173 Å². The van der Waals surface area contributed by atoms with Crippen LogP contribution in [0, 0.1) is 0 Å². The van der Waals surface area contributed by atoms with Gasteiger partial charge in [-0.15, -0.1) is 11.3 Å². The van der Waals surface area contributed by atoms with Crippen LogP contribution >= 0.6 is 11.3 Å². The quantitative estimate of drug-likeness (QED) is 0.182. The summed E-state index contributed by atoms with van der Waals surface area (Å²) in [5.74, 6) is 1.76.